The molecule has 3 aromatic rings. The second-order valence-electron chi connectivity index (χ2n) is 7.78. The molecule has 1 saturated heterocycles. The van der Waals surface area contributed by atoms with Crippen LogP contribution in [0.2, 0.25) is 5.02 Å². The van der Waals surface area contributed by atoms with Gasteiger partial charge >= 0.3 is 0 Å². The van der Waals surface area contributed by atoms with Gasteiger partial charge in [-0.2, -0.15) is 5.10 Å². The van der Waals surface area contributed by atoms with Gasteiger partial charge in [0.05, 0.1) is 6.20 Å². The Hall–Kier alpha value is -3.37. The normalized spacial score (nSPS) is 13.8. The molecule has 164 valence electrons. The number of carbonyl (C=O) groups is 2. The fourth-order valence-corrected chi connectivity index (χ4v) is 4.22. The third kappa shape index (κ3) is 4.06. The zero-order valence-corrected chi connectivity index (χ0v) is 19.1. The van der Waals surface area contributed by atoms with Gasteiger partial charge in [-0.1, -0.05) is 35.7 Å². The van der Waals surface area contributed by atoms with Crippen molar-refractivity contribution >= 4 is 29.1 Å². The van der Waals surface area contributed by atoms with E-state index in [-0.39, 0.29) is 11.8 Å². The molecule has 7 nitrogen and oxygen atoms in total. The van der Waals surface area contributed by atoms with E-state index in [0.29, 0.717) is 48.8 Å². The summed E-state index contributed by atoms with van der Waals surface area (Å²) < 4.78 is 1.73. The monoisotopic (exact) mass is 449 g/mol. The van der Waals surface area contributed by atoms with E-state index in [1.54, 1.807) is 27.4 Å². The van der Waals surface area contributed by atoms with Crippen molar-refractivity contribution in [2.45, 2.75) is 27.2 Å². The molecule has 0 saturated carbocycles. The average Bonchev–Trinajstić information content (AvgIpc) is 3.21. The number of amides is 2. The second kappa shape index (κ2) is 9.01. The summed E-state index contributed by atoms with van der Waals surface area (Å²) in [6.45, 7) is 7.40. The number of hydrogen-bond donors (Lipinski definition) is 0. The van der Waals surface area contributed by atoms with Crippen molar-refractivity contribution in [3.05, 3.63) is 63.6 Å². The van der Waals surface area contributed by atoms with E-state index in [0.717, 1.165) is 22.5 Å². The summed E-state index contributed by atoms with van der Waals surface area (Å²) in [5.41, 5.74) is 4.84. The third-order valence-electron chi connectivity index (χ3n) is 5.85. The van der Waals surface area contributed by atoms with Crippen LogP contribution in [0.15, 0.2) is 30.5 Å². The number of nitrogens with zero attached hydrogens (tertiary/aromatic N) is 5. The summed E-state index contributed by atoms with van der Waals surface area (Å²) in [5.74, 6) is 4.85. The van der Waals surface area contributed by atoms with Gasteiger partial charge in [0, 0.05) is 49.0 Å². The molecule has 0 radical (unpaired) electrons. The largest absolute Gasteiger partial charge is 0.335 e. The molecular weight excluding hydrogens is 426 g/mol. The Morgan fingerprint density at radius 1 is 1.09 bits per heavy atom. The van der Waals surface area contributed by atoms with E-state index in [2.05, 4.69) is 16.9 Å². The van der Waals surface area contributed by atoms with Crippen LogP contribution in [0.5, 0.6) is 0 Å². The van der Waals surface area contributed by atoms with Crippen LogP contribution in [0.1, 0.15) is 39.8 Å². The van der Waals surface area contributed by atoms with Crippen LogP contribution in [0.25, 0.3) is 5.65 Å². The highest BCUT2D eigenvalue weighted by atomic mass is 35.5. The zero-order chi connectivity index (χ0) is 22.8. The summed E-state index contributed by atoms with van der Waals surface area (Å²) >= 11 is 6.35. The number of halogens is 1. The average molecular weight is 450 g/mol. The van der Waals surface area contributed by atoms with E-state index in [9.17, 15) is 9.59 Å². The molecule has 2 amide bonds. The van der Waals surface area contributed by atoms with Gasteiger partial charge in [0.2, 0.25) is 0 Å². The lowest BCUT2D eigenvalue weighted by Crippen LogP contribution is -2.50. The Morgan fingerprint density at radius 3 is 2.47 bits per heavy atom. The van der Waals surface area contributed by atoms with Crippen LogP contribution in [0.3, 0.4) is 0 Å². The second-order valence-corrected chi connectivity index (χ2v) is 8.19. The van der Waals surface area contributed by atoms with E-state index < -0.39 is 0 Å². The first kappa shape index (κ1) is 21.8. The predicted molar refractivity (Wildman–Crippen MR) is 123 cm³/mol. The number of benzene rings is 1. The van der Waals surface area contributed by atoms with Crippen LogP contribution in [0, 0.1) is 25.7 Å². The zero-order valence-electron chi connectivity index (χ0n) is 18.4. The maximum absolute atomic E-state index is 13.2. The molecule has 0 bridgehead atoms. The number of hydrogen-bond acceptors (Lipinski definition) is 4. The Kier molecular flexibility index (Phi) is 6.15. The lowest BCUT2D eigenvalue weighted by atomic mass is 10.0. The molecule has 1 aliphatic heterocycles. The first-order valence-corrected chi connectivity index (χ1v) is 10.9. The molecule has 1 fully saturated rings. The lowest BCUT2D eigenvalue weighted by molar-refractivity contribution is -0.126. The minimum absolute atomic E-state index is 0.126. The van der Waals surface area contributed by atoms with Crippen LogP contribution < -0.4 is 0 Å². The van der Waals surface area contributed by atoms with Gasteiger partial charge < -0.3 is 9.80 Å². The van der Waals surface area contributed by atoms with Crippen molar-refractivity contribution in [3.8, 4) is 11.8 Å². The fourth-order valence-electron chi connectivity index (χ4n) is 4.02. The van der Waals surface area contributed by atoms with E-state index in [1.165, 1.54) is 0 Å². The van der Waals surface area contributed by atoms with Crippen LogP contribution in [-0.4, -0.2) is 62.4 Å². The van der Waals surface area contributed by atoms with Gasteiger partial charge in [0.15, 0.2) is 5.65 Å². The summed E-state index contributed by atoms with van der Waals surface area (Å²) in [6, 6.07) is 7.75. The van der Waals surface area contributed by atoms with Gasteiger partial charge in [-0.3, -0.25) is 9.59 Å². The van der Waals surface area contributed by atoms with Crippen molar-refractivity contribution in [3.63, 3.8) is 0 Å². The Balaban J connectivity index is 1.59. The van der Waals surface area contributed by atoms with Crippen molar-refractivity contribution < 1.29 is 9.59 Å². The highest BCUT2D eigenvalue weighted by Gasteiger charge is 2.27. The molecule has 0 aliphatic carbocycles. The van der Waals surface area contributed by atoms with Gasteiger partial charge in [0.25, 0.3) is 11.8 Å². The number of piperazine rings is 1. The Labute approximate surface area is 192 Å². The molecule has 8 heteroatoms. The molecule has 1 aliphatic rings. The van der Waals surface area contributed by atoms with Gasteiger partial charge in [-0.15, -0.1) is 0 Å². The molecule has 0 spiro atoms. The van der Waals surface area contributed by atoms with Crippen LogP contribution in [-0.2, 0) is 11.2 Å². The van der Waals surface area contributed by atoms with Crippen LogP contribution in [0.4, 0.5) is 0 Å². The maximum atomic E-state index is 13.2. The molecule has 0 N–H and O–H groups in total. The molecule has 2 aromatic heterocycles. The van der Waals surface area contributed by atoms with E-state index in [1.807, 2.05) is 38.1 Å². The summed E-state index contributed by atoms with van der Waals surface area (Å²) in [7, 11) is 0. The van der Waals surface area contributed by atoms with E-state index >= 15 is 0 Å². The summed E-state index contributed by atoms with van der Waals surface area (Å²) in [6.07, 6.45) is 2.22. The quantitative estimate of drug-likeness (QED) is 0.576. The number of fused-ring (bicyclic) bond motifs is 1. The molecule has 4 rings (SSSR count). The molecular formula is C24H24ClN5O2. The summed E-state index contributed by atoms with van der Waals surface area (Å²) in [4.78, 5) is 33.3. The maximum Gasteiger partial charge on any atom is 0.298 e. The molecule has 0 atom stereocenters. The molecule has 32 heavy (non-hydrogen) atoms. The molecule has 0 unspecified atom stereocenters. The summed E-state index contributed by atoms with van der Waals surface area (Å²) in [5, 5.41) is 5.17. The first-order valence-electron chi connectivity index (χ1n) is 10.5. The van der Waals surface area contributed by atoms with Gasteiger partial charge in [0.1, 0.15) is 5.56 Å². The van der Waals surface area contributed by atoms with Crippen molar-refractivity contribution in [2.24, 2.45) is 0 Å². The minimum atomic E-state index is -0.199. The van der Waals surface area contributed by atoms with Crippen molar-refractivity contribution in [1.82, 2.24) is 24.4 Å². The van der Waals surface area contributed by atoms with Gasteiger partial charge in [-0.25, -0.2) is 9.50 Å². The fraction of sp³-hybridized carbons (Fsp3) is 0.333. The third-order valence-corrected chi connectivity index (χ3v) is 6.22. The van der Waals surface area contributed by atoms with Crippen molar-refractivity contribution in [1.29, 1.82) is 0 Å². The Morgan fingerprint density at radius 2 is 1.78 bits per heavy atom. The smallest absolute Gasteiger partial charge is 0.298 e. The highest BCUT2D eigenvalue weighted by molar-refractivity contribution is 6.31. The van der Waals surface area contributed by atoms with Gasteiger partial charge in [-0.05, 0) is 43.9 Å². The standard InChI is InChI=1S/C24H24ClN5O2/c1-4-7-22(31)28-10-12-29(13-11-28)24(32)20-15-26-30-17(3)19(16(2)27-23(20)30)14-18-8-5-6-9-21(18)25/h5-6,8-9,15H,10-14H2,1-3H3. The van der Waals surface area contributed by atoms with E-state index in [4.69, 9.17) is 16.6 Å². The van der Waals surface area contributed by atoms with Crippen LogP contribution >= 0.6 is 11.6 Å². The molecule has 1 aromatic carbocycles. The topological polar surface area (TPSA) is 70.8 Å². The first-order chi connectivity index (χ1) is 15.4. The minimum Gasteiger partial charge on any atom is -0.335 e. The Bertz CT molecular complexity index is 1260. The molecule has 3 heterocycles. The lowest BCUT2D eigenvalue weighted by Gasteiger charge is -2.33. The number of carbonyl (C=O) groups excluding carboxylic acids is 2. The van der Waals surface area contributed by atoms with Crippen molar-refractivity contribution in [2.75, 3.05) is 26.2 Å². The number of rotatable bonds is 3. The predicted octanol–water partition coefficient (Wildman–Crippen LogP) is 2.90. The highest BCUT2D eigenvalue weighted by Crippen LogP contribution is 2.24. The SMILES string of the molecule is CC#CC(=O)N1CCN(C(=O)c2cnn3c(C)c(Cc4ccccc4Cl)c(C)nc23)CC1. The number of aromatic nitrogens is 3. The number of aryl methyl sites for hydroxylation is 2.